The quantitative estimate of drug-likeness (QED) is 0.179. The van der Waals surface area contributed by atoms with Crippen LogP contribution in [-0.2, 0) is 0 Å². The summed E-state index contributed by atoms with van der Waals surface area (Å²) in [4.78, 5) is 8.96. The molecule has 1 aromatic heterocycles. The Bertz CT molecular complexity index is 1470. The summed E-state index contributed by atoms with van der Waals surface area (Å²) in [6, 6.07) is 24.6. The van der Waals surface area contributed by atoms with Crippen LogP contribution >= 0.6 is 24.8 Å². The standard InChI is InChI=1S/C32H34N4O3.2ClH/c1(2-4-20-38-28-12-7-24(8-13-28)31-33-15-16-34-31)3-19-37-27-10-5-23(6-11-27)30-22-26-21-25(9-14-29(26)39-30)32-35-17-18-36-32;;/h5-14,21-22H,1-4,15-20H2,(H,33,34)(H,35,36);2*1H. The molecule has 2 aliphatic heterocycles. The SMILES string of the molecule is Cl.Cl.c1cc(C2=NCCN2)ccc1OCCCCCCOc1ccc(-c2cc3cc(C4=NCCN4)ccc3o2)cc1. The van der Waals surface area contributed by atoms with Gasteiger partial charge in [-0.1, -0.05) is 0 Å². The van der Waals surface area contributed by atoms with Gasteiger partial charge in [0.25, 0.3) is 0 Å². The van der Waals surface area contributed by atoms with Gasteiger partial charge in [-0.05, 0) is 98.5 Å². The fraction of sp³-hybridized carbons (Fsp3) is 0.312. The highest BCUT2D eigenvalue weighted by Gasteiger charge is 2.12. The van der Waals surface area contributed by atoms with Crippen molar-refractivity contribution in [1.82, 2.24) is 10.6 Å². The zero-order valence-corrected chi connectivity index (χ0v) is 24.6. The largest absolute Gasteiger partial charge is 0.494 e. The van der Waals surface area contributed by atoms with Crippen molar-refractivity contribution in [3.8, 4) is 22.8 Å². The molecule has 216 valence electrons. The van der Waals surface area contributed by atoms with Crippen LogP contribution in [-0.4, -0.2) is 51.1 Å². The molecule has 2 N–H and O–H groups in total. The highest BCUT2D eigenvalue weighted by Crippen LogP contribution is 2.30. The van der Waals surface area contributed by atoms with Gasteiger partial charge in [0, 0.05) is 35.2 Å². The molecular formula is C32H36Cl2N4O3. The number of fused-ring (bicyclic) bond motifs is 1. The van der Waals surface area contributed by atoms with Crippen molar-refractivity contribution in [3.63, 3.8) is 0 Å². The number of nitrogens with zero attached hydrogens (tertiary/aromatic N) is 2. The normalized spacial score (nSPS) is 13.9. The highest BCUT2D eigenvalue weighted by molar-refractivity contribution is 6.02. The van der Waals surface area contributed by atoms with Crippen LogP contribution in [0.2, 0.25) is 0 Å². The number of aliphatic imine (C=N–C) groups is 2. The van der Waals surface area contributed by atoms with E-state index in [0.29, 0.717) is 6.61 Å². The first-order chi connectivity index (χ1) is 19.3. The number of halogens is 2. The molecule has 0 saturated carbocycles. The Hall–Kier alpha value is -3.68. The zero-order chi connectivity index (χ0) is 26.3. The topological polar surface area (TPSA) is 80.4 Å². The fourth-order valence-electron chi connectivity index (χ4n) is 4.88. The third-order valence-corrected chi connectivity index (χ3v) is 6.98. The second-order valence-corrected chi connectivity index (χ2v) is 9.84. The average molecular weight is 596 g/mol. The Morgan fingerprint density at radius 2 is 1.15 bits per heavy atom. The van der Waals surface area contributed by atoms with Crippen LogP contribution in [0.15, 0.2) is 87.2 Å². The molecular weight excluding hydrogens is 559 g/mol. The number of hydrogen-bond acceptors (Lipinski definition) is 7. The maximum atomic E-state index is 6.09. The Balaban J connectivity index is 0.00000194. The summed E-state index contributed by atoms with van der Waals surface area (Å²) >= 11 is 0. The van der Waals surface area contributed by atoms with Gasteiger partial charge < -0.3 is 24.5 Å². The van der Waals surface area contributed by atoms with Gasteiger partial charge in [-0.25, -0.2) is 0 Å². The lowest BCUT2D eigenvalue weighted by atomic mass is 10.1. The third kappa shape index (κ3) is 7.75. The first kappa shape index (κ1) is 30.3. The molecule has 4 aromatic rings. The van der Waals surface area contributed by atoms with Crippen molar-refractivity contribution in [2.75, 3.05) is 39.4 Å². The predicted molar refractivity (Wildman–Crippen MR) is 171 cm³/mol. The zero-order valence-electron chi connectivity index (χ0n) is 22.9. The van der Waals surface area contributed by atoms with E-state index < -0.39 is 0 Å². The number of benzene rings is 3. The summed E-state index contributed by atoms with van der Waals surface area (Å²) in [6.45, 7) is 4.95. The summed E-state index contributed by atoms with van der Waals surface area (Å²) in [6.07, 6.45) is 4.30. The molecule has 7 nitrogen and oxygen atoms in total. The van der Waals surface area contributed by atoms with Crippen LogP contribution < -0.4 is 20.1 Å². The minimum Gasteiger partial charge on any atom is -0.494 e. The lowest BCUT2D eigenvalue weighted by molar-refractivity contribution is 0.287. The molecule has 2 aliphatic rings. The Labute approximate surface area is 253 Å². The van der Waals surface area contributed by atoms with Crippen LogP contribution in [0, 0.1) is 0 Å². The van der Waals surface area contributed by atoms with E-state index in [1.165, 1.54) is 0 Å². The molecule has 0 spiro atoms. The Morgan fingerprint density at radius 1 is 0.610 bits per heavy atom. The van der Waals surface area contributed by atoms with Crippen molar-refractivity contribution < 1.29 is 13.9 Å². The fourth-order valence-corrected chi connectivity index (χ4v) is 4.88. The molecule has 0 amide bonds. The molecule has 0 saturated heterocycles. The molecule has 0 bridgehead atoms. The van der Waals surface area contributed by atoms with Crippen LogP contribution in [0.1, 0.15) is 36.8 Å². The second-order valence-electron chi connectivity index (χ2n) is 9.84. The van der Waals surface area contributed by atoms with E-state index in [2.05, 4.69) is 63.1 Å². The number of unbranched alkanes of at least 4 members (excludes halogenated alkanes) is 3. The van der Waals surface area contributed by atoms with E-state index >= 15 is 0 Å². The molecule has 3 heterocycles. The average Bonchev–Trinajstić information content (AvgIpc) is 3.77. The first-order valence-corrected chi connectivity index (χ1v) is 13.9. The summed E-state index contributed by atoms with van der Waals surface area (Å²) in [5, 5.41) is 7.70. The molecule has 41 heavy (non-hydrogen) atoms. The molecule has 0 atom stereocenters. The minimum atomic E-state index is 0. The molecule has 0 aliphatic carbocycles. The summed E-state index contributed by atoms with van der Waals surface area (Å²) in [7, 11) is 0. The molecule has 9 heteroatoms. The van der Waals surface area contributed by atoms with E-state index in [9.17, 15) is 0 Å². The predicted octanol–water partition coefficient (Wildman–Crippen LogP) is 6.66. The highest BCUT2D eigenvalue weighted by atomic mass is 35.5. The number of rotatable bonds is 12. The number of amidine groups is 2. The molecule has 0 fully saturated rings. The van der Waals surface area contributed by atoms with Crippen LogP contribution in [0.4, 0.5) is 0 Å². The summed E-state index contributed by atoms with van der Waals surface area (Å²) in [5.41, 5.74) is 4.13. The monoisotopic (exact) mass is 594 g/mol. The van der Waals surface area contributed by atoms with Gasteiger partial charge in [-0.15, -0.1) is 24.8 Å². The molecule has 0 radical (unpaired) electrons. The number of nitrogens with one attached hydrogen (secondary N) is 2. The van der Waals surface area contributed by atoms with Crippen molar-refractivity contribution in [1.29, 1.82) is 0 Å². The minimum absolute atomic E-state index is 0. The summed E-state index contributed by atoms with van der Waals surface area (Å²) in [5.74, 6) is 4.59. The maximum absolute atomic E-state index is 6.09. The Kier molecular flexibility index (Phi) is 10.9. The van der Waals surface area contributed by atoms with Gasteiger partial charge in [0.2, 0.25) is 0 Å². The van der Waals surface area contributed by atoms with Crippen LogP contribution in [0.5, 0.6) is 11.5 Å². The van der Waals surface area contributed by atoms with Gasteiger partial charge in [-0.2, -0.15) is 0 Å². The van der Waals surface area contributed by atoms with Gasteiger partial charge in [0.1, 0.15) is 34.5 Å². The van der Waals surface area contributed by atoms with Gasteiger partial charge in [0.05, 0.1) is 26.3 Å². The van der Waals surface area contributed by atoms with Crippen LogP contribution in [0.25, 0.3) is 22.3 Å². The van der Waals surface area contributed by atoms with Crippen molar-refractivity contribution in [2.24, 2.45) is 9.98 Å². The van der Waals surface area contributed by atoms with E-state index in [1.54, 1.807) is 0 Å². The molecule has 3 aromatic carbocycles. The first-order valence-electron chi connectivity index (χ1n) is 13.9. The van der Waals surface area contributed by atoms with Crippen LogP contribution in [0.3, 0.4) is 0 Å². The lowest BCUT2D eigenvalue weighted by Gasteiger charge is -2.08. The van der Waals surface area contributed by atoms with Crippen molar-refractivity contribution >= 4 is 47.5 Å². The van der Waals surface area contributed by atoms with Gasteiger partial charge in [0.15, 0.2) is 0 Å². The van der Waals surface area contributed by atoms with Crippen molar-refractivity contribution in [2.45, 2.75) is 25.7 Å². The van der Waals surface area contributed by atoms with Crippen molar-refractivity contribution in [3.05, 3.63) is 83.9 Å². The Morgan fingerprint density at radius 3 is 1.71 bits per heavy atom. The molecule has 6 rings (SSSR count). The van der Waals surface area contributed by atoms with E-state index in [0.717, 1.165) is 115 Å². The van der Waals surface area contributed by atoms with Gasteiger partial charge >= 0.3 is 0 Å². The maximum Gasteiger partial charge on any atom is 0.135 e. The van der Waals surface area contributed by atoms with E-state index in [4.69, 9.17) is 13.9 Å². The summed E-state index contributed by atoms with van der Waals surface area (Å²) < 4.78 is 17.9. The smallest absolute Gasteiger partial charge is 0.135 e. The molecule has 0 unspecified atom stereocenters. The number of hydrogen-bond donors (Lipinski definition) is 2. The second kappa shape index (κ2) is 14.8. The van der Waals surface area contributed by atoms with E-state index in [-0.39, 0.29) is 24.8 Å². The third-order valence-electron chi connectivity index (χ3n) is 6.98. The van der Waals surface area contributed by atoms with Gasteiger partial charge in [-0.3, -0.25) is 9.98 Å². The van der Waals surface area contributed by atoms with E-state index in [1.807, 2.05) is 30.3 Å². The lowest BCUT2D eigenvalue weighted by Crippen LogP contribution is -2.19. The number of furan rings is 1. The number of ether oxygens (including phenoxy) is 2.